The van der Waals surface area contributed by atoms with Gasteiger partial charge in [0.1, 0.15) is 24.4 Å². The van der Waals surface area contributed by atoms with Crippen molar-refractivity contribution >= 4 is 0 Å². The number of aliphatic hydroxyl groups is 3. The first-order valence-corrected chi connectivity index (χ1v) is 4.33. The minimum Gasteiger partial charge on any atom is -0.387 e. The Kier molecular flexibility index (Phi) is 4.24. The molecule has 0 spiro atoms. The van der Waals surface area contributed by atoms with Crippen LogP contribution in [0, 0.1) is 0 Å². The third-order valence-electron chi connectivity index (χ3n) is 2.26. The first-order chi connectivity index (χ1) is 6.61. The van der Waals surface area contributed by atoms with E-state index in [1.54, 1.807) is 0 Å². The Labute approximate surface area is 82.0 Å². The van der Waals surface area contributed by atoms with Crippen molar-refractivity contribution in [1.29, 1.82) is 0 Å². The fraction of sp³-hybridized carbons (Fsp3) is 1.00. The van der Waals surface area contributed by atoms with Gasteiger partial charge in [-0.1, -0.05) is 0 Å². The molecule has 0 aliphatic carbocycles. The molecule has 0 unspecified atom stereocenters. The second-order valence-corrected chi connectivity index (χ2v) is 3.20. The Morgan fingerprint density at radius 3 is 2.29 bits per heavy atom. The van der Waals surface area contributed by atoms with E-state index < -0.39 is 30.7 Å². The zero-order valence-electron chi connectivity index (χ0n) is 8.16. The van der Waals surface area contributed by atoms with Crippen LogP contribution < -0.4 is 0 Å². The summed E-state index contributed by atoms with van der Waals surface area (Å²) in [7, 11) is 2.87. The summed E-state index contributed by atoms with van der Waals surface area (Å²) in [5.41, 5.74) is 0. The molecule has 0 amide bonds. The van der Waals surface area contributed by atoms with Crippen LogP contribution in [0.25, 0.3) is 0 Å². The molecule has 14 heavy (non-hydrogen) atoms. The maximum Gasteiger partial charge on any atom is 0.184 e. The minimum absolute atomic E-state index is 0.180. The molecule has 1 saturated heterocycles. The summed E-state index contributed by atoms with van der Waals surface area (Å²) in [6.45, 7) is 0.180. The van der Waals surface area contributed by atoms with Gasteiger partial charge in [-0.05, 0) is 0 Å². The molecule has 0 aromatic heterocycles. The fourth-order valence-corrected chi connectivity index (χ4v) is 1.51. The number of hydrogen-bond donors (Lipinski definition) is 3. The van der Waals surface area contributed by atoms with Crippen LogP contribution in [0.2, 0.25) is 0 Å². The van der Waals surface area contributed by atoms with E-state index in [0.717, 1.165) is 0 Å². The van der Waals surface area contributed by atoms with Crippen LogP contribution in [0.3, 0.4) is 0 Å². The average molecular weight is 208 g/mol. The van der Waals surface area contributed by atoms with Crippen molar-refractivity contribution in [1.82, 2.24) is 0 Å². The van der Waals surface area contributed by atoms with E-state index in [-0.39, 0.29) is 6.61 Å². The van der Waals surface area contributed by atoms with Gasteiger partial charge in [-0.3, -0.25) is 0 Å². The zero-order chi connectivity index (χ0) is 10.7. The molecule has 0 aromatic rings. The van der Waals surface area contributed by atoms with Crippen molar-refractivity contribution in [3.05, 3.63) is 0 Å². The molecule has 5 atom stereocenters. The highest BCUT2D eigenvalue weighted by Crippen LogP contribution is 2.21. The van der Waals surface area contributed by atoms with Crippen LogP contribution >= 0.6 is 0 Å². The molecule has 3 N–H and O–H groups in total. The summed E-state index contributed by atoms with van der Waals surface area (Å²) in [6, 6.07) is 0. The summed E-state index contributed by atoms with van der Waals surface area (Å²) >= 11 is 0. The van der Waals surface area contributed by atoms with Gasteiger partial charge in [0.05, 0.1) is 6.61 Å². The maximum absolute atomic E-state index is 9.53. The molecule has 84 valence electrons. The highest BCUT2D eigenvalue weighted by molar-refractivity contribution is 4.89. The van der Waals surface area contributed by atoms with E-state index >= 15 is 0 Å². The quantitative estimate of drug-likeness (QED) is 0.501. The smallest absolute Gasteiger partial charge is 0.184 e. The van der Waals surface area contributed by atoms with Gasteiger partial charge in [0, 0.05) is 14.2 Å². The summed E-state index contributed by atoms with van der Waals surface area (Å²) in [5, 5.41) is 28.0. The molecule has 0 bridgehead atoms. The third-order valence-corrected chi connectivity index (χ3v) is 2.26. The molecule has 1 aliphatic heterocycles. The number of hydrogen-bond acceptors (Lipinski definition) is 6. The Hall–Kier alpha value is -0.240. The van der Waals surface area contributed by atoms with Crippen LogP contribution in [-0.4, -0.2) is 66.9 Å². The van der Waals surface area contributed by atoms with Gasteiger partial charge in [0.2, 0.25) is 0 Å². The van der Waals surface area contributed by atoms with E-state index in [4.69, 9.17) is 14.2 Å². The Morgan fingerprint density at radius 2 is 1.79 bits per heavy atom. The molecule has 6 heteroatoms. The molecular weight excluding hydrogens is 192 g/mol. The summed E-state index contributed by atoms with van der Waals surface area (Å²) in [6.07, 6.45) is -5.22. The number of ether oxygens (including phenoxy) is 3. The standard InChI is InChI=1S/C8H16O6/c1-12-3-4-7(13-2)5(9)6(10)8(11)14-4/h4-11H,3H2,1-2H3/t4-,5-,6-,7+,8-/m1/s1. The average Bonchev–Trinajstić information content (AvgIpc) is 2.16. The van der Waals surface area contributed by atoms with Crippen molar-refractivity contribution in [2.24, 2.45) is 0 Å². The molecular formula is C8H16O6. The predicted octanol–water partition coefficient (Wildman–Crippen LogP) is -1.91. The zero-order valence-corrected chi connectivity index (χ0v) is 8.16. The Morgan fingerprint density at radius 1 is 1.14 bits per heavy atom. The van der Waals surface area contributed by atoms with Crippen LogP contribution in [-0.2, 0) is 14.2 Å². The minimum atomic E-state index is -1.41. The monoisotopic (exact) mass is 208 g/mol. The summed E-state index contributed by atoms with van der Waals surface area (Å²) in [4.78, 5) is 0. The van der Waals surface area contributed by atoms with Gasteiger partial charge in [-0.15, -0.1) is 0 Å². The number of rotatable bonds is 3. The second kappa shape index (κ2) is 5.01. The lowest BCUT2D eigenvalue weighted by Gasteiger charge is -2.39. The normalized spacial score (nSPS) is 43.9. The second-order valence-electron chi connectivity index (χ2n) is 3.20. The molecule has 0 saturated carbocycles. The summed E-state index contributed by atoms with van der Waals surface area (Å²) < 4.78 is 14.8. The lowest BCUT2D eigenvalue weighted by molar-refractivity contribution is -0.291. The number of aliphatic hydroxyl groups excluding tert-OH is 3. The molecule has 6 nitrogen and oxygen atoms in total. The molecule has 1 fully saturated rings. The molecule has 1 heterocycles. The number of methoxy groups -OCH3 is 2. The van der Waals surface area contributed by atoms with E-state index in [2.05, 4.69) is 0 Å². The third kappa shape index (κ3) is 2.22. The van der Waals surface area contributed by atoms with Gasteiger partial charge >= 0.3 is 0 Å². The SMILES string of the molecule is COC[C@H]1O[C@@H](O)[C@H](O)[C@@H](O)[C@H]1OC. The largest absolute Gasteiger partial charge is 0.387 e. The maximum atomic E-state index is 9.53. The summed E-state index contributed by atoms with van der Waals surface area (Å²) in [5.74, 6) is 0. The Balaban J connectivity index is 2.66. The van der Waals surface area contributed by atoms with Crippen molar-refractivity contribution < 1.29 is 29.5 Å². The molecule has 0 radical (unpaired) electrons. The molecule has 1 aliphatic rings. The first kappa shape index (κ1) is 11.8. The van der Waals surface area contributed by atoms with Gasteiger partial charge < -0.3 is 29.5 Å². The van der Waals surface area contributed by atoms with Crippen LogP contribution in [0.1, 0.15) is 0 Å². The van der Waals surface area contributed by atoms with Gasteiger partial charge in [0.25, 0.3) is 0 Å². The Bertz CT molecular complexity index is 175. The predicted molar refractivity (Wildman–Crippen MR) is 45.6 cm³/mol. The van der Waals surface area contributed by atoms with Crippen molar-refractivity contribution in [2.45, 2.75) is 30.7 Å². The fourth-order valence-electron chi connectivity index (χ4n) is 1.51. The highest BCUT2D eigenvalue weighted by Gasteiger charge is 2.43. The van der Waals surface area contributed by atoms with E-state index in [9.17, 15) is 15.3 Å². The van der Waals surface area contributed by atoms with E-state index in [0.29, 0.717) is 0 Å². The van der Waals surface area contributed by atoms with E-state index in [1.807, 2.05) is 0 Å². The van der Waals surface area contributed by atoms with Gasteiger partial charge in [0.15, 0.2) is 6.29 Å². The molecule has 1 rings (SSSR count). The topological polar surface area (TPSA) is 88.4 Å². The molecule has 0 aromatic carbocycles. The lowest BCUT2D eigenvalue weighted by Crippen LogP contribution is -2.59. The van der Waals surface area contributed by atoms with E-state index in [1.165, 1.54) is 14.2 Å². The van der Waals surface area contributed by atoms with Crippen molar-refractivity contribution in [3.8, 4) is 0 Å². The van der Waals surface area contributed by atoms with Crippen molar-refractivity contribution in [2.75, 3.05) is 20.8 Å². The van der Waals surface area contributed by atoms with Crippen molar-refractivity contribution in [3.63, 3.8) is 0 Å². The van der Waals surface area contributed by atoms with Crippen LogP contribution in [0.15, 0.2) is 0 Å². The first-order valence-electron chi connectivity index (χ1n) is 4.33. The van der Waals surface area contributed by atoms with Gasteiger partial charge in [-0.2, -0.15) is 0 Å². The van der Waals surface area contributed by atoms with Crippen LogP contribution in [0.5, 0.6) is 0 Å². The van der Waals surface area contributed by atoms with Gasteiger partial charge in [-0.25, -0.2) is 0 Å². The van der Waals surface area contributed by atoms with Crippen LogP contribution in [0.4, 0.5) is 0 Å². The lowest BCUT2D eigenvalue weighted by atomic mass is 9.99. The highest BCUT2D eigenvalue weighted by atomic mass is 16.7.